The molecule has 0 aromatic carbocycles. The summed E-state index contributed by atoms with van der Waals surface area (Å²) in [6.07, 6.45) is 11.1. The van der Waals surface area contributed by atoms with Crippen LogP contribution in [0.4, 0.5) is 4.79 Å². The van der Waals surface area contributed by atoms with Crippen LogP contribution in [0.25, 0.3) is 0 Å². The summed E-state index contributed by atoms with van der Waals surface area (Å²) in [4.78, 5) is 9.91. The maximum atomic E-state index is 9.91. The number of rotatable bonds is 0. The Morgan fingerprint density at radius 2 is 1.62 bits per heavy atom. The molecule has 0 aliphatic heterocycles. The monoisotopic (exact) mass is 110 g/mol. The summed E-state index contributed by atoms with van der Waals surface area (Å²) in [6.45, 7) is 0. The van der Waals surface area contributed by atoms with Gasteiger partial charge in [0.1, 0.15) is 12.2 Å². The molecule has 0 atom stereocenters. The van der Waals surface area contributed by atoms with E-state index in [1.807, 2.05) is 0 Å². The highest BCUT2D eigenvalue weighted by atomic mass is 16.7. The number of terminal acetylenes is 2. The molecule has 0 aliphatic rings. The van der Waals surface area contributed by atoms with E-state index in [1.165, 1.54) is 0 Å². The lowest BCUT2D eigenvalue weighted by atomic mass is 11.2. The van der Waals surface area contributed by atoms with Gasteiger partial charge in [-0.3, -0.25) is 0 Å². The van der Waals surface area contributed by atoms with Crippen LogP contribution in [0.5, 0.6) is 0 Å². The van der Waals surface area contributed by atoms with Gasteiger partial charge >= 0.3 is 6.16 Å². The van der Waals surface area contributed by atoms with Gasteiger partial charge in [0.05, 0.1) is 0 Å². The second kappa shape index (κ2) is 3.58. The van der Waals surface area contributed by atoms with Crippen LogP contribution in [-0.4, -0.2) is 6.16 Å². The van der Waals surface area contributed by atoms with Crippen LogP contribution in [-0.2, 0) is 9.47 Å². The van der Waals surface area contributed by atoms with E-state index in [9.17, 15) is 4.79 Å². The lowest BCUT2D eigenvalue weighted by molar-refractivity contribution is 0.132. The normalized spacial score (nSPS) is 5.75. The topological polar surface area (TPSA) is 35.5 Å². The van der Waals surface area contributed by atoms with E-state index >= 15 is 0 Å². The highest BCUT2D eigenvalue weighted by Gasteiger charge is 1.95. The molecule has 0 aromatic rings. The predicted molar refractivity (Wildman–Crippen MR) is 25.2 cm³/mol. The Morgan fingerprint density at radius 1 is 1.25 bits per heavy atom. The van der Waals surface area contributed by atoms with E-state index in [1.54, 1.807) is 12.2 Å². The molecule has 0 heterocycles. The summed E-state index contributed by atoms with van der Waals surface area (Å²) in [5.41, 5.74) is 0. The summed E-state index contributed by atoms with van der Waals surface area (Å²) in [6, 6.07) is 0. The highest BCUT2D eigenvalue weighted by molar-refractivity contribution is 5.62. The third-order valence-electron chi connectivity index (χ3n) is 0.285. The van der Waals surface area contributed by atoms with Crippen molar-refractivity contribution in [2.45, 2.75) is 0 Å². The Kier molecular flexibility index (Phi) is 2.86. The van der Waals surface area contributed by atoms with Gasteiger partial charge in [0.25, 0.3) is 0 Å². The van der Waals surface area contributed by atoms with Crippen molar-refractivity contribution in [3.63, 3.8) is 0 Å². The van der Waals surface area contributed by atoms with Crippen LogP contribution in [0.2, 0.25) is 0 Å². The Morgan fingerprint density at radius 3 is 1.88 bits per heavy atom. The fourth-order valence-electron chi connectivity index (χ4n) is 0.117. The van der Waals surface area contributed by atoms with Crippen LogP contribution < -0.4 is 0 Å². The molecule has 0 unspecified atom stereocenters. The zero-order valence-electron chi connectivity index (χ0n) is 3.88. The van der Waals surface area contributed by atoms with Crippen molar-refractivity contribution in [1.29, 1.82) is 0 Å². The molecule has 3 heteroatoms. The summed E-state index contributed by atoms with van der Waals surface area (Å²) in [7, 11) is 0. The van der Waals surface area contributed by atoms with E-state index < -0.39 is 6.16 Å². The first kappa shape index (κ1) is 6.39. The van der Waals surface area contributed by atoms with Crippen LogP contribution in [0.1, 0.15) is 0 Å². The maximum absolute atomic E-state index is 9.91. The lowest BCUT2D eigenvalue weighted by Gasteiger charge is -1.85. The molecule has 0 spiro atoms. The van der Waals surface area contributed by atoms with Gasteiger partial charge in [-0.1, -0.05) is 12.8 Å². The van der Waals surface area contributed by atoms with Gasteiger partial charge in [-0.05, 0) is 0 Å². The first-order valence-corrected chi connectivity index (χ1v) is 1.60. The van der Waals surface area contributed by atoms with Crippen LogP contribution >= 0.6 is 0 Å². The van der Waals surface area contributed by atoms with Crippen molar-refractivity contribution in [3.8, 4) is 25.1 Å². The molecule has 0 amide bonds. The number of hydrogen-bond acceptors (Lipinski definition) is 3. The van der Waals surface area contributed by atoms with Crippen molar-refractivity contribution in [1.82, 2.24) is 0 Å². The summed E-state index contributed by atoms with van der Waals surface area (Å²) in [5, 5.41) is 0. The first-order chi connectivity index (χ1) is 3.81. The van der Waals surface area contributed by atoms with E-state index in [2.05, 4.69) is 22.3 Å². The van der Waals surface area contributed by atoms with Crippen LogP contribution in [0, 0.1) is 25.1 Å². The SMILES string of the molecule is C#COC(=O)OC#C. The Hall–Kier alpha value is -1.61. The average molecular weight is 110 g/mol. The van der Waals surface area contributed by atoms with Crippen molar-refractivity contribution in [3.05, 3.63) is 0 Å². The molecule has 0 saturated carbocycles. The molecule has 0 bridgehead atoms. The van der Waals surface area contributed by atoms with E-state index in [0.717, 1.165) is 0 Å². The molecule has 0 saturated heterocycles. The fourth-order valence-corrected chi connectivity index (χ4v) is 0.117. The standard InChI is InChI=1S/C5H2O3/c1-3-7-5(6)8-4-2/h1-2H. The molecule has 0 fully saturated rings. The van der Waals surface area contributed by atoms with Gasteiger partial charge in [-0.2, -0.15) is 0 Å². The average Bonchev–Trinajstić information content (AvgIpc) is 1.68. The largest absolute Gasteiger partial charge is 0.537 e. The molecular formula is C5H2O3. The number of ether oxygens (including phenoxy) is 2. The summed E-state index contributed by atoms with van der Waals surface area (Å²) < 4.78 is 7.61. The molecule has 0 rings (SSSR count). The minimum atomic E-state index is -1.06. The van der Waals surface area contributed by atoms with Gasteiger partial charge in [0, 0.05) is 0 Å². The lowest BCUT2D eigenvalue weighted by Crippen LogP contribution is -1.97. The predicted octanol–water partition coefficient (Wildman–Crippen LogP) is 0.321. The Bertz CT molecular complexity index is 139. The molecule has 0 radical (unpaired) electrons. The third-order valence-corrected chi connectivity index (χ3v) is 0.285. The van der Waals surface area contributed by atoms with Crippen molar-refractivity contribution >= 4 is 6.16 Å². The second-order valence-corrected chi connectivity index (χ2v) is 0.690. The maximum Gasteiger partial charge on any atom is 0.537 e. The minimum absolute atomic E-state index is 1.06. The molecule has 3 nitrogen and oxygen atoms in total. The molecule has 40 valence electrons. The minimum Gasteiger partial charge on any atom is -0.340 e. The van der Waals surface area contributed by atoms with Gasteiger partial charge < -0.3 is 9.47 Å². The number of carbonyl (C=O) groups excluding carboxylic acids is 1. The summed E-state index contributed by atoms with van der Waals surface area (Å²) >= 11 is 0. The van der Waals surface area contributed by atoms with Crippen molar-refractivity contribution < 1.29 is 14.3 Å². The Balaban J connectivity index is 3.41. The second-order valence-electron chi connectivity index (χ2n) is 0.690. The molecular weight excluding hydrogens is 108 g/mol. The zero-order valence-corrected chi connectivity index (χ0v) is 3.88. The van der Waals surface area contributed by atoms with E-state index in [4.69, 9.17) is 0 Å². The van der Waals surface area contributed by atoms with Crippen molar-refractivity contribution in [2.24, 2.45) is 0 Å². The van der Waals surface area contributed by atoms with Gasteiger partial charge in [0.15, 0.2) is 0 Å². The smallest absolute Gasteiger partial charge is 0.340 e. The van der Waals surface area contributed by atoms with Crippen molar-refractivity contribution in [2.75, 3.05) is 0 Å². The highest BCUT2D eigenvalue weighted by Crippen LogP contribution is 1.77. The number of carbonyl (C=O) groups is 1. The quantitative estimate of drug-likeness (QED) is 0.333. The zero-order chi connectivity index (χ0) is 6.41. The van der Waals surface area contributed by atoms with Crippen LogP contribution in [0.3, 0.4) is 0 Å². The third kappa shape index (κ3) is 2.62. The molecule has 0 aromatic heterocycles. The molecule has 8 heavy (non-hydrogen) atoms. The van der Waals surface area contributed by atoms with E-state index in [0.29, 0.717) is 0 Å². The van der Waals surface area contributed by atoms with Gasteiger partial charge in [-0.15, -0.1) is 0 Å². The number of hydrogen-bond donors (Lipinski definition) is 0. The summed E-state index contributed by atoms with van der Waals surface area (Å²) in [5.74, 6) is 0. The Labute approximate surface area is 46.6 Å². The molecule has 0 aliphatic carbocycles. The van der Waals surface area contributed by atoms with E-state index in [-0.39, 0.29) is 0 Å². The van der Waals surface area contributed by atoms with Gasteiger partial charge in [-0.25, -0.2) is 4.79 Å². The van der Waals surface area contributed by atoms with Gasteiger partial charge in [0.2, 0.25) is 0 Å². The fraction of sp³-hybridized carbons (Fsp3) is 0. The van der Waals surface area contributed by atoms with Crippen LogP contribution in [0.15, 0.2) is 0 Å². The molecule has 0 N–H and O–H groups in total. The first-order valence-electron chi connectivity index (χ1n) is 1.60.